The first-order valence-corrected chi connectivity index (χ1v) is 4.80. The molecule has 86 valence electrons. The van der Waals surface area contributed by atoms with Gasteiger partial charge in [-0.3, -0.25) is 0 Å². The van der Waals surface area contributed by atoms with Gasteiger partial charge in [0.2, 0.25) is 0 Å². The molecule has 0 amide bonds. The number of pyridine rings is 1. The van der Waals surface area contributed by atoms with Crippen molar-refractivity contribution in [2.75, 3.05) is 0 Å². The van der Waals surface area contributed by atoms with Crippen molar-refractivity contribution in [1.29, 1.82) is 0 Å². The zero-order valence-electron chi connectivity index (χ0n) is 8.99. The van der Waals surface area contributed by atoms with E-state index < -0.39 is 5.97 Å². The first-order valence-electron chi connectivity index (χ1n) is 4.80. The van der Waals surface area contributed by atoms with Crippen LogP contribution in [0, 0.1) is 6.92 Å². The van der Waals surface area contributed by atoms with Crippen LogP contribution < -0.4 is 4.74 Å². The van der Waals surface area contributed by atoms with Gasteiger partial charge in [0.05, 0.1) is 12.4 Å². The molecule has 6 heteroatoms. The van der Waals surface area contributed by atoms with Gasteiger partial charge in [0, 0.05) is 17.8 Å². The maximum absolute atomic E-state index is 10.8. The molecule has 0 atom stereocenters. The van der Waals surface area contributed by atoms with E-state index in [1.165, 1.54) is 24.8 Å². The van der Waals surface area contributed by atoms with E-state index in [1.54, 1.807) is 13.0 Å². The lowest BCUT2D eigenvalue weighted by Crippen LogP contribution is -2.02. The van der Waals surface area contributed by atoms with Gasteiger partial charge < -0.3 is 9.84 Å². The minimum absolute atomic E-state index is 0.0585. The Bertz CT molecular complexity index is 543. The highest BCUT2D eigenvalue weighted by molar-refractivity contribution is 5.85. The Morgan fingerprint density at radius 1 is 1.24 bits per heavy atom. The number of hydrogen-bond donors (Lipinski definition) is 1. The molecule has 2 aromatic heterocycles. The van der Waals surface area contributed by atoms with Crippen molar-refractivity contribution < 1.29 is 14.6 Å². The van der Waals surface area contributed by atoms with Crippen molar-refractivity contribution in [2.45, 2.75) is 6.92 Å². The molecule has 0 aliphatic carbocycles. The van der Waals surface area contributed by atoms with E-state index in [1.807, 2.05) is 0 Å². The molecule has 0 saturated heterocycles. The van der Waals surface area contributed by atoms with E-state index in [9.17, 15) is 4.79 Å². The number of nitrogens with zero attached hydrogens (tertiary/aromatic N) is 3. The number of carbonyl (C=O) groups is 1. The van der Waals surface area contributed by atoms with Crippen LogP contribution in [0.25, 0.3) is 0 Å². The van der Waals surface area contributed by atoms with Crippen LogP contribution in [0.5, 0.6) is 11.5 Å². The molecule has 0 bridgehead atoms. The number of hydrogen-bond acceptors (Lipinski definition) is 5. The molecule has 2 aromatic rings. The maximum Gasteiger partial charge on any atom is 0.354 e. The molecule has 0 saturated carbocycles. The summed E-state index contributed by atoms with van der Waals surface area (Å²) in [6.45, 7) is 1.70. The molecular weight excluding hydrogens is 222 g/mol. The van der Waals surface area contributed by atoms with E-state index in [2.05, 4.69) is 15.0 Å². The van der Waals surface area contributed by atoms with E-state index in [4.69, 9.17) is 9.84 Å². The molecule has 0 aliphatic heterocycles. The number of aromatic carboxylic acids is 1. The van der Waals surface area contributed by atoms with Crippen molar-refractivity contribution >= 4 is 5.97 Å². The molecule has 0 unspecified atom stereocenters. The SMILES string of the molecule is Cc1cc(Oc2cncnc2)cc(C(=O)O)n1. The molecule has 2 rings (SSSR count). The van der Waals surface area contributed by atoms with E-state index in [0.717, 1.165) is 0 Å². The summed E-state index contributed by atoms with van der Waals surface area (Å²) in [6.07, 6.45) is 4.36. The fraction of sp³-hybridized carbons (Fsp3) is 0.0909. The molecule has 17 heavy (non-hydrogen) atoms. The maximum atomic E-state index is 10.8. The third-order valence-corrected chi connectivity index (χ3v) is 1.92. The fourth-order valence-electron chi connectivity index (χ4n) is 1.28. The number of carboxylic acids is 1. The summed E-state index contributed by atoms with van der Waals surface area (Å²) in [4.78, 5) is 22.3. The second-order valence-corrected chi connectivity index (χ2v) is 3.31. The molecule has 0 aromatic carbocycles. The Kier molecular flexibility index (Phi) is 2.95. The third kappa shape index (κ3) is 2.75. The Labute approximate surface area is 96.9 Å². The van der Waals surface area contributed by atoms with Crippen LogP contribution in [0.2, 0.25) is 0 Å². The quantitative estimate of drug-likeness (QED) is 0.864. The minimum Gasteiger partial charge on any atom is -0.477 e. The third-order valence-electron chi connectivity index (χ3n) is 1.92. The summed E-state index contributed by atoms with van der Waals surface area (Å²) in [5, 5.41) is 8.86. The number of carboxylic acid groups (broad SMARTS) is 1. The second kappa shape index (κ2) is 4.56. The van der Waals surface area contributed by atoms with Gasteiger partial charge in [-0.05, 0) is 6.92 Å². The van der Waals surface area contributed by atoms with Gasteiger partial charge in [-0.15, -0.1) is 0 Å². The van der Waals surface area contributed by atoms with Crippen molar-refractivity contribution in [3.8, 4) is 11.5 Å². The van der Waals surface area contributed by atoms with Crippen molar-refractivity contribution in [2.24, 2.45) is 0 Å². The van der Waals surface area contributed by atoms with Gasteiger partial charge in [0.15, 0.2) is 11.4 Å². The Hall–Kier alpha value is -2.50. The number of rotatable bonds is 3. The first kappa shape index (κ1) is 11.0. The lowest BCUT2D eigenvalue weighted by atomic mass is 10.3. The Morgan fingerprint density at radius 3 is 2.59 bits per heavy atom. The zero-order valence-corrected chi connectivity index (χ0v) is 8.99. The molecule has 2 heterocycles. The number of aromatic nitrogens is 3. The predicted octanol–water partition coefficient (Wildman–Crippen LogP) is 1.67. The summed E-state index contributed by atoms with van der Waals surface area (Å²) in [5.74, 6) is -0.262. The topological polar surface area (TPSA) is 85.2 Å². The molecule has 0 radical (unpaired) electrons. The van der Waals surface area contributed by atoms with Crippen LogP contribution in [0.15, 0.2) is 30.9 Å². The zero-order chi connectivity index (χ0) is 12.3. The van der Waals surface area contributed by atoms with Crippen molar-refractivity contribution in [3.05, 3.63) is 42.2 Å². The van der Waals surface area contributed by atoms with Crippen LogP contribution in [0.1, 0.15) is 16.2 Å². The van der Waals surface area contributed by atoms with Gasteiger partial charge in [-0.1, -0.05) is 0 Å². The van der Waals surface area contributed by atoms with Crippen LogP contribution >= 0.6 is 0 Å². The van der Waals surface area contributed by atoms with Crippen LogP contribution in [-0.2, 0) is 0 Å². The summed E-state index contributed by atoms with van der Waals surface area (Å²) >= 11 is 0. The average Bonchev–Trinajstić information content (AvgIpc) is 2.29. The summed E-state index contributed by atoms with van der Waals surface area (Å²) < 4.78 is 5.42. The Morgan fingerprint density at radius 2 is 1.94 bits per heavy atom. The van der Waals surface area contributed by atoms with Crippen molar-refractivity contribution in [3.63, 3.8) is 0 Å². The van der Waals surface area contributed by atoms with E-state index in [-0.39, 0.29) is 5.69 Å². The lowest BCUT2D eigenvalue weighted by molar-refractivity contribution is 0.0690. The van der Waals surface area contributed by atoms with Gasteiger partial charge in [0.1, 0.15) is 12.1 Å². The van der Waals surface area contributed by atoms with Gasteiger partial charge in [-0.25, -0.2) is 19.7 Å². The highest BCUT2D eigenvalue weighted by Crippen LogP contribution is 2.20. The summed E-state index contributed by atoms with van der Waals surface area (Å²) in [7, 11) is 0. The average molecular weight is 231 g/mol. The first-order chi connectivity index (χ1) is 8.15. The second-order valence-electron chi connectivity index (χ2n) is 3.31. The number of ether oxygens (including phenoxy) is 1. The van der Waals surface area contributed by atoms with Crippen LogP contribution in [0.4, 0.5) is 0 Å². The highest BCUT2D eigenvalue weighted by atomic mass is 16.5. The predicted molar refractivity (Wildman–Crippen MR) is 58.0 cm³/mol. The Balaban J connectivity index is 2.30. The standard InChI is InChI=1S/C11H9N3O3/c1-7-2-8(3-10(14-7)11(15)16)17-9-4-12-6-13-5-9/h2-6H,1H3,(H,15,16). The van der Waals surface area contributed by atoms with Gasteiger partial charge in [-0.2, -0.15) is 0 Å². The monoisotopic (exact) mass is 231 g/mol. The van der Waals surface area contributed by atoms with Crippen LogP contribution in [0.3, 0.4) is 0 Å². The molecule has 1 N–H and O–H groups in total. The minimum atomic E-state index is -1.09. The smallest absolute Gasteiger partial charge is 0.354 e. The lowest BCUT2D eigenvalue weighted by Gasteiger charge is -2.06. The van der Waals surface area contributed by atoms with Crippen molar-refractivity contribution in [1.82, 2.24) is 15.0 Å². The fourth-order valence-corrected chi connectivity index (χ4v) is 1.28. The summed E-state index contributed by atoms with van der Waals surface area (Å²) in [5.41, 5.74) is 0.508. The highest BCUT2D eigenvalue weighted by Gasteiger charge is 2.08. The summed E-state index contributed by atoms with van der Waals surface area (Å²) in [6, 6.07) is 2.99. The molecular formula is C11H9N3O3. The normalized spacial score (nSPS) is 9.94. The number of aryl methyl sites for hydroxylation is 1. The largest absolute Gasteiger partial charge is 0.477 e. The van der Waals surface area contributed by atoms with Gasteiger partial charge >= 0.3 is 5.97 Å². The molecule has 0 spiro atoms. The molecule has 6 nitrogen and oxygen atoms in total. The van der Waals surface area contributed by atoms with Crippen LogP contribution in [-0.4, -0.2) is 26.0 Å². The van der Waals surface area contributed by atoms with Gasteiger partial charge in [0.25, 0.3) is 0 Å². The van der Waals surface area contributed by atoms with E-state index in [0.29, 0.717) is 17.2 Å². The molecule has 0 aliphatic rings. The molecule has 0 fully saturated rings. The van der Waals surface area contributed by atoms with E-state index >= 15 is 0 Å².